The molecule has 0 aromatic heterocycles. The zero-order valence-corrected chi connectivity index (χ0v) is 8.31. The highest BCUT2D eigenvalue weighted by Gasteiger charge is 2.02. The maximum Gasteiger partial charge on any atom is 0.168 e. The predicted molar refractivity (Wildman–Crippen MR) is 49.5 cm³/mol. The Hall–Kier alpha value is -0.250. The van der Waals surface area contributed by atoms with Crippen molar-refractivity contribution in [2.45, 2.75) is 9.73 Å². The highest BCUT2D eigenvalue weighted by atomic mass is 35.5. The van der Waals surface area contributed by atoms with Crippen LogP contribution in [0.3, 0.4) is 0 Å². The van der Waals surface area contributed by atoms with Crippen molar-refractivity contribution in [1.82, 2.24) is 0 Å². The fraction of sp³-hybridized carbons (Fsp3) is 0.143. The number of alkyl halides is 2. The molecule has 12 heavy (non-hydrogen) atoms. The van der Waals surface area contributed by atoms with Gasteiger partial charge >= 0.3 is 0 Å². The Morgan fingerprint density at radius 2 is 1.58 bits per heavy atom. The summed E-state index contributed by atoms with van der Waals surface area (Å²) in [5.41, 5.74) is 0.693. The molecular weight excluding hydrogens is 219 g/mol. The molecule has 1 rings (SSSR count). The molecule has 0 bridgehead atoms. The summed E-state index contributed by atoms with van der Waals surface area (Å²) in [6, 6.07) is 6.12. The van der Waals surface area contributed by atoms with Crippen molar-refractivity contribution in [3.63, 3.8) is 0 Å². The van der Waals surface area contributed by atoms with Crippen LogP contribution in [0.15, 0.2) is 29.2 Å². The Morgan fingerprint density at radius 3 is 1.92 bits per heavy atom. The highest BCUT2D eigenvalue weighted by Crippen LogP contribution is 2.24. The van der Waals surface area contributed by atoms with Crippen molar-refractivity contribution < 1.29 is 8.42 Å². The molecule has 0 radical (unpaired) electrons. The Bertz CT molecular complexity index is 322. The summed E-state index contributed by atoms with van der Waals surface area (Å²) in [6.07, 6.45) is 0. The second-order valence-corrected chi connectivity index (χ2v) is 4.28. The minimum absolute atomic E-state index is 0.266. The van der Waals surface area contributed by atoms with Crippen molar-refractivity contribution in [2.24, 2.45) is 0 Å². The molecule has 0 unspecified atom stereocenters. The van der Waals surface area contributed by atoms with Gasteiger partial charge in [-0.05, 0) is 17.7 Å². The van der Waals surface area contributed by atoms with E-state index >= 15 is 0 Å². The molecular formula is C7H6Cl2O2S. The lowest BCUT2D eigenvalue weighted by atomic mass is 10.2. The minimum atomic E-state index is -2.51. The van der Waals surface area contributed by atoms with Crippen molar-refractivity contribution >= 4 is 33.9 Å². The Labute approximate surface area is 82.1 Å². The molecule has 0 fully saturated rings. The molecule has 0 aliphatic heterocycles. The molecule has 0 heterocycles. The summed E-state index contributed by atoms with van der Waals surface area (Å²) >= 11 is 11.1. The maximum atomic E-state index is 10.5. The summed E-state index contributed by atoms with van der Waals surface area (Å²) < 4.78 is 20.9. The molecule has 2 nitrogen and oxygen atoms in total. The summed E-state index contributed by atoms with van der Waals surface area (Å²) in [6.45, 7) is 0. The van der Waals surface area contributed by atoms with E-state index in [0.717, 1.165) is 0 Å². The van der Waals surface area contributed by atoms with Crippen LogP contribution in [-0.2, 0) is 10.7 Å². The second kappa shape index (κ2) is 4.12. The molecule has 5 heteroatoms. The van der Waals surface area contributed by atoms with E-state index in [1.54, 1.807) is 12.1 Å². The first kappa shape index (κ1) is 9.84. The Kier molecular flexibility index (Phi) is 3.38. The standard InChI is InChI=1S/C7H6Cl2O2S/c8-7(9)5-1-3-6(4-2-5)12(10)11/h1-4,7,12H. The Morgan fingerprint density at radius 1 is 1.08 bits per heavy atom. The van der Waals surface area contributed by atoms with Gasteiger partial charge in [0.25, 0.3) is 0 Å². The average Bonchev–Trinajstić information content (AvgIpc) is 2.04. The zero-order valence-electron chi connectivity index (χ0n) is 5.91. The van der Waals surface area contributed by atoms with Crippen LogP contribution >= 0.6 is 23.2 Å². The minimum Gasteiger partial charge on any atom is -0.227 e. The molecule has 1 aromatic rings. The molecule has 66 valence electrons. The van der Waals surface area contributed by atoms with E-state index in [0.29, 0.717) is 5.56 Å². The van der Waals surface area contributed by atoms with E-state index in [-0.39, 0.29) is 4.90 Å². The third-order valence-electron chi connectivity index (χ3n) is 1.36. The van der Waals surface area contributed by atoms with Crippen LogP contribution in [0.4, 0.5) is 0 Å². The molecule has 0 aliphatic carbocycles. The number of hydrogen-bond donors (Lipinski definition) is 1. The average molecular weight is 225 g/mol. The molecule has 0 N–H and O–H groups in total. The van der Waals surface area contributed by atoms with Gasteiger partial charge < -0.3 is 0 Å². The molecule has 1 aromatic carbocycles. The lowest BCUT2D eigenvalue weighted by Gasteiger charge is -1.99. The lowest BCUT2D eigenvalue weighted by molar-refractivity contribution is 0.614. The van der Waals surface area contributed by atoms with Gasteiger partial charge in [-0.3, -0.25) is 0 Å². The number of rotatable bonds is 2. The van der Waals surface area contributed by atoms with Crippen molar-refractivity contribution in [3.8, 4) is 0 Å². The topological polar surface area (TPSA) is 34.1 Å². The van der Waals surface area contributed by atoms with E-state index in [1.807, 2.05) is 0 Å². The third-order valence-corrected chi connectivity index (χ3v) is 2.58. The van der Waals surface area contributed by atoms with Gasteiger partial charge in [-0.1, -0.05) is 12.1 Å². The van der Waals surface area contributed by atoms with Crippen LogP contribution < -0.4 is 0 Å². The quantitative estimate of drug-likeness (QED) is 0.618. The predicted octanol–water partition coefficient (Wildman–Crippen LogP) is 2.13. The van der Waals surface area contributed by atoms with Crippen LogP contribution in [0, 0.1) is 0 Å². The van der Waals surface area contributed by atoms with Crippen LogP contribution in [-0.4, -0.2) is 8.42 Å². The summed E-state index contributed by atoms with van der Waals surface area (Å²) in [4.78, 5) is -0.341. The van der Waals surface area contributed by atoms with Gasteiger partial charge in [0, 0.05) is 0 Å². The Balaban J connectivity index is 3.01. The third kappa shape index (κ3) is 2.37. The van der Waals surface area contributed by atoms with Gasteiger partial charge in [0.1, 0.15) is 4.84 Å². The van der Waals surface area contributed by atoms with Crippen molar-refractivity contribution in [1.29, 1.82) is 0 Å². The number of benzene rings is 1. The molecule has 0 atom stereocenters. The smallest absolute Gasteiger partial charge is 0.168 e. The fourth-order valence-corrected chi connectivity index (χ4v) is 1.42. The van der Waals surface area contributed by atoms with Crippen LogP contribution in [0.2, 0.25) is 0 Å². The summed E-state index contributed by atoms with van der Waals surface area (Å²) in [7, 11) is -2.51. The van der Waals surface area contributed by atoms with Gasteiger partial charge in [-0.15, -0.1) is 23.2 Å². The molecule has 0 saturated heterocycles. The van der Waals surface area contributed by atoms with Gasteiger partial charge in [0.05, 0.1) is 4.90 Å². The van der Waals surface area contributed by atoms with E-state index in [1.165, 1.54) is 12.1 Å². The van der Waals surface area contributed by atoms with Gasteiger partial charge in [0.15, 0.2) is 10.7 Å². The van der Waals surface area contributed by atoms with Crippen LogP contribution in [0.25, 0.3) is 0 Å². The highest BCUT2D eigenvalue weighted by molar-refractivity contribution is 7.72. The van der Waals surface area contributed by atoms with Gasteiger partial charge in [-0.2, -0.15) is 0 Å². The van der Waals surface area contributed by atoms with Gasteiger partial charge in [-0.25, -0.2) is 8.42 Å². The van der Waals surface area contributed by atoms with Crippen LogP contribution in [0.5, 0.6) is 0 Å². The molecule has 0 spiro atoms. The normalized spacial score (nSPS) is 11.0. The van der Waals surface area contributed by atoms with E-state index in [9.17, 15) is 8.42 Å². The molecule has 0 saturated carbocycles. The monoisotopic (exact) mass is 224 g/mol. The van der Waals surface area contributed by atoms with Crippen LogP contribution in [0.1, 0.15) is 10.4 Å². The number of thiol groups is 1. The lowest BCUT2D eigenvalue weighted by Crippen LogP contribution is -1.83. The maximum absolute atomic E-state index is 10.5. The first-order valence-corrected chi connectivity index (χ1v) is 5.19. The second-order valence-electron chi connectivity index (χ2n) is 2.15. The van der Waals surface area contributed by atoms with E-state index in [2.05, 4.69) is 0 Å². The SMILES string of the molecule is O=[SH](=O)c1ccc(C(Cl)Cl)cc1. The van der Waals surface area contributed by atoms with E-state index in [4.69, 9.17) is 23.2 Å². The summed E-state index contributed by atoms with van der Waals surface area (Å²) in [5.74, 6) is 0. The largest absolute Gasteiger partial charge is 0.227 e. The van der Waals surface area contributed by atoms with E-state index < -0.39 is 15.5 Å². The van der Waals surface area contributed by atoms with Gasteiger partial charge in [0.2, 0.25) is 0 Å². The summed E-state index contributed by atoms with van der Waals surface area (Å²) in [5, 5.41) is 0. The number of hydrogen-bond acceptors (Lipinski definition) is 2. The van der Waals surface area contributed by atoms with Crippen molar-refractivity contribution in [3.05, 3.63) is 29.8 Å². The molecule has 0 aliphatic rings. The first-order valence-electron chi connectivity index (χ1n) is 3.14. The number of halogens is 2. The molecule has 0 amide bonds. The zero-order chi connectivity index (χ0) is 9.14. The first-order chi connectivity index (χ1) is 5.61. The fourth-order valence-electron chi connectivity index (χ4n) is 0.742. The van der Waals surface area contributed by atoms with Crippen molar-refractivity contribution in [2.75, 3.05) is 0 Å².